The SMILES string of the molecule is Cc1nc(C[C@H](NC(=O)CCc2ccccc2)c2ccccc2)cc(=O)[nH]1. The van der Waals surface area contributed by atoms with E-state index in [1.54, 1.807) is 6.92 Å². The minimum atomic E-state index is -0.233. The summed E-state index contributed by atoms with van der Waals surface area (Å²) in [6.45, 7) is 1.75. The highest BCUT2D eigenvalue weighted by Gasteiger charge is 2.16. The van der Waals surface area contributed by atoms with Crippen molar-refractivity contribution in [2.24, 2.45) is 0 Å². The van der Waals surface area contributed by atoms with Crippen molar-refractivity contribution in [3.63, 3.8) is 0 Å². The van der Waals surface area contributed by atoms with Crippen LogP contribution in [0.15, 0.2) is 71.5 Å². The van der Waals surface area contributed by atoms with Crippen molar-refractivity contribution in [2.45, 2.75) is 32.2 Å². The van der Waals surface area contributed by atoms with Crippen molar-refractivity contribution in [1.82, 2.24) is 15.3 Å². The summed E-state index contributed by atoms with van der Waals surface area (Å²) in [6, 6.07) is 21.0. The van der Waals surface area contributed by atoms with Gasteiger partial charge in [-0.3, -0.25) is 9.59 Å². The topological polar surface area (TPSA) is 74.8 Å². The van der Waals surface area contributed by atoms with Crippen LogP contribution in [0.25, 0.3) is 0 Å². The van der Waals surface area contributed by atoms with Crippen LogP contribution in [0.5, 0.6) is 0 Å². The van der Waals surface area contributed by atoms with Crippen LogP contribution in [0.2, 0.25) is 0 Å². The number of aryl methyl sites for hydroxylation is 2. The lowest BCUT2D eigenvalue weighted by Gasteiger charge is -2.19. The standard InChI is InChI=1S/C22H23N3O2/c1-16-23-19(15-22(27)24-16)14-20(18-10-6-3-7-11-18)25-21(26)13-12-17-8-4-2-5-9-17/h2-11,15,20H,12-14H2,1H3,(H,25,26)(H,23,24,27)/t20-/m0/s1. The number of hydrogen-bond donors (Lipinski definition) is 2. The number of aromatic nitrogens is 2. The third-order valence-corrected chi connectivity index (χ3v) is 4.35. The van der Waals surface area contributed by atoms with Crippen LogP contribution < -0.4 is 10.9 Å². The first-order valence-corrected chi connectivity index (χ1v) is 9.05. The Morgan fingerprint density at radius 3 is 2.41 bits per heavy atom. The fourth-order valence-corrected chi connectivity index (χ4v) is 3.06. The minimum absolute atomic E-state index is 0.0192. The molecule has 0 spiro atoms. The summed E-state index contributed by atoms with van der Waals surface area (Å²) in [6.07, 6.45) is 1.57. The van der Waals surface area contributed by atoms with E-state index < -0.39 is 0 Å². The second-order valence-corrected chi connectivity index (χ2v) is 6.54. The maximum atomic E-state index is 12.5. The zero-order valence-corrected chi connectivity index (χ0v) is 15.3. The Balaban J connectivity index is 1.72. The smallest absolute Gasteiger partial charge is 0.251 e. The van der Waals surface area contributed by atoms with Gasteiger partial charge in [0.2, 0.25) is 5.91 Å². The number of hydrogen-bond acceptors (Lipinski definition) is 3. The molecule has 0 saturated heterocycles. The molecule has 3 aromatic rings. The van der Waals surface area contributed by atoms with E-state index in [4.69, 9.17) is 0 Å². The average Bonchev–Trinajstić information content (AvgIpc) is 2.67. The molecule has 138 valence electrons. The monoisotopic (exact) mass is 361 g/mol. The Morgan fingerprint density at radius 1 is 1.07 bits per heavy atom. The molecule has 5 heteroatoms. The maximum Gasteiger partial charge on any atom is 0.251 e. The van der Waals surface area contributed by atoms with E-state index in [1.807, 2.05) is 60.7 Å². The number of rotatable bonds is 7. The van der Waals surface area contributed by atoms with Gasteiger partial charge in [0, 0.05) is 18.9 Å². The number of benzene rings is 2. The average molecular weight is 361 g/mol. The normalized spacial score (nSPS) is 11.7. The van der Waals surface area contributed by atoms with Crippen molar-refractivity contribution in [2.75, 3.05) is 0 Å². The molecule has 3 rings (SSSR count). The van der Waals surface area contributed by atoms with Gasteiger partial charge in [-0.15, -0.1) is 0 Å². The quantitative estimate of drug-likeness (QED) is 0.679. The van der Waals surface area contributed by atoms with Crippen LogP contribution in [0.1, 0.15) is 35.1 Å². The molecule has 1 heterocycles. The van der Waals surface area contributed by atoms with Gasteiger partial charge in [0.1, 0.15) is 5.82 Å². The molecule has 0 saturated carbocycles. The second-order valence-electron chi connectivity index (χ2n) is 6.54. The van der Waals surface area contributed by atoms with Crippen molar-refractivity contribution < 1.29 is 4.79 Å². The van der Waals surface area contributed by atoms with E-state index in [-0.39, 0.29) is 17.5 Å². The molecule has 1 atom stereocenters. The van der Waals surface area contributed by atoms with Gasteiger partial charge < -0.3 is 10.3 Å². The van der Waals surface area contributed by atoms with Gasteiger partial charge in [0.25, 0.3) is 5.56 Å². The van der Waals surface area contributed by atoms with E-state index in [9.17, 15) is 9.59 Å². The third kappa shape index (κ3) is 5.64. The summed E-state index contributed by atoms with van der Waals surface area (Å²) in [5.41, 5.74) is 2.61. The number of nitrogens with one attached hydrogen (secondary N) is 2. The molecule has 0 aliphatic rings. The summed E-state index contributed by atoms with van der Waals surface area (Å²) in [4.78, 5) is 31.3. The Kier molecular flexibility index (Phi) is 6.15. The summed E-state index contributed by atoms with van der Waals surface area (Å²) in [7, 11) is 0. The molecular weight excluding hydrogens is 338 g/mol. The van der Waals surface area contributed by atoms with Gasteiger partial charge in [0.05, 0.1) is 11.7 Å². The molecule has 1 aromatic heterocycles. The number of nitrogens with zero attached hydrogens (tertiary/aromatic N) is 1. The van der Waals surface area contributed by atoms with Gasteiger partial charge >= 0.3 is 0 Å². The van der Waals surface area contributed by atoms with Crippen molar-refractivity contribution in [1.29, 1.82) is 0 Å². The lowest BCUT2D eigenvalue weighted by Crippen LogP contribution is -2.30. The van der Waals surface area contributed by atoms with Crippen LogP contribution in [-0.2, 0) is 17.6 Å². The van der Waals surface area contributed by atoms with E-state index in [1.165, 1.54) is 6.07 Å². The summed E-state index contributed by atoms with van der Waals surface area (Å²) in [5, 5.41) is 3.10. The van der Waals surface area contributed by atoms with Crippen LogP contribution in [0, 0.1) is 6.92 Å². The largest absolute Gasteiger partial charge is 0.349 e. The number of carbonyl (C=O) groups excluding carboxylic acids is 1. The van der Waals surface area contributed by atoms with E-state index in [2.05, 4.69) is 15.3 Å². The van der Waals surface area contributed by atoms with Gasteiger partial charge in [-0.1, -0.05) is 60.7 Å². The van der Waals surface area contributed by atoms with E-state index in [0.29, 0.717) is 30.8 Å². The zero-order chi connectivity index (χ0) is 19.1. The molecule has 0 bridgehead atoms. The van der Waals surface area contributed by atoms with Gasteiger partial charge in [-0.2, -0.15) is 0 Å². The van der Waals surface area contributed by atoms with E-state index >= 15 is 0 Å². The first-order valence-electron chi connectivity index (χ1n) is 9.05. The molecule has 0 unspecified atom stereocenters. The molecule has 0 aliphatic carbocycles. The molecule has 2 N–H and O–H groups in total. The van der Waals surface area contributed by atoms with Crippen LogP contribution in [-0.4, -0.2) is 15.9 Å². The van der Waals surface area contributed by atoms with Gasteiger partial charge in [0.15, 0.2) is 0 Å². The molecular formula is C22H23N3O2. The lowest BCUT2D eigenvalue weighted by atomic mass is 10.0. The maximum absolute atomic E-state index is 12.5. The van der Waals surface area contributed by atoms with Crippen molar-refractivity contribution in [3.8, 4) is 0 Å². The van der Waals surface area contributed by atoms with E-state index in [0.717, 1.165) is 11.1 Å². The van der Waals surface area contributed by atoms with Crippen molar-refractivity contribution >= 4 is 5.91 Å². The first-order chi connectivity index (χ1) is 13.1. The predicted molar refractivity (Wildman–Crippen MR) is 105 cm³/mol. The third-order valence-electron chi connectivity index (χ3n) is 4.35. The molecule has 0 radical (unpaired) electrons. The highest BCUT2D eigenvalue weighted by Crippen LogP contribution is 2.17. The summed E-state index contributed by atoms with van der Waals surface area (Å²) in [5.74, 6) is 0.550. The summed E-state index contributed by atoms with van der Waals surface area (Å²) < 4.78 is 0. The molecule has 0 fully saturated rings. The predicted octanol–water partition coefficient (Wildman–Crippen LogP) is 3.11. The number of amides is 1. The van der Waals surface area contributed by atoms with Crippen LogP contribution in [0.4, 0.5) is 0 Å². The number of carbonyl (C=O) groups is 1. The second kappa shape index (κ2) is 8.94. The van der Waals surface area contributed by atoms with Gasteiger partial charge in [-0.25, -0.2) is 4.98 Å². The number of H-pyrrole nitrogens is 1. The molecule has 5 nitrogen and oxygen atoms in total. The summed E-state index contributed by atoms with van der Waals surface area (Å²) >= 11 is 0. The lowest BCUT2D eigenvalue weighted by molar-refractivity contribution is -0.121. The Morgan fingerprint density at radius 2 is 1.74 bits per heavy atom. The molecule has 1 amide bonds. The highest BCUT2D eigenvalue weighted by molar-refractivity contribution is 5.76. The zero-order valence-electron chi connectivity index (χ0n) is 15.3. The molecule has 27 heavy (non-hydrogen) atoms. The fourth-order valence-electron chi connectivity index (χ4n) is 3.06. The van der Waals surface area contributed by atoms with Crippen LogP contribution in [0.3, 0.4) is 0 Å². The van der Waals surface area contributed by atoms with Crippen LogP contribution >= 0.6 is 0 Å². The Labute approximate surface area is 158 Å². The van der Waals surface area contributed by atoms with Crippen molar-refractivity contribution in [3.05, 3.63) is 99.7 Å². The molecule has 0 aliphatic heterocycles. The molecule has 2 aromatic carbocycles. The fraction of sp³-hybridized carbons (Fsp3) is 0.227. The highest BCUT2D eigenvalue weighted by atomic mass is 16.1. The Bertz CT molecular complexity index is 937. The minimum Gasteiger partial charge on any atom is -0.349 e. The Hall–Kier alpha value is -3.21. The first kappa shape index (κ1) is 18.6. The van der Waals surface area contributed by atoms with Gasteiger partial charge in [-0.05, 0) is 24.5 Å². The number of aromatic amines is 1.